The standard InChI is InChI=1S/C7H18P.H2O4S/c1-5-8(4,6-2)7-3;1-5(2,3)4/h5-7H2,1-4H3;(H2,1,2,3,4)/q+1;/p-1. The minimum absolute atomic E-state index is 0. The van der Waals surface area contributed by atoms with Crippen LogP contribution in [0.5, 0.6) is 0 Å². The topological polar surface area (TPSA) is 80.3 Å². The maximum atomic E-state index is 8.52. The lowest BCUT2D eigenvalue weighted by Crippen LogP contribution is -1.98. The Labute approximate surface area is 83.1 Å². The first-order valence-electron chi connectivity index (χ1n) is 4.18. The van der Waals surface area contributed by atoms with Gasteiger partial charge in [-0.25, -0.2) is 0 Å². The lowest BCUT2D eigenvalue weighted by Gasteiger charge is -2.16. The molecule has 0 atom stereocenters. The molecule has 0 heterocycles. The normalized spacial score (nSPS) is 11.8. The predicted octanol–water partition coefficient (Wildman–Crippen LogP) is 1.47. The second-order valence-corrected chi connectivity index (χ2v) is 8.93. The summed E-state index contributed by atoms with van der Waals surface area (Å²) in [5, 5.41) is 0. The van der Waals surface area contributed by atoms with Gasteiger partial charge in [0.05, 0.1) is 18.5 Å². The Morgan fingerprint density at radius 3 is 1.23 bits per heavy atom. The Morgan fingerprint density at radius 2 is 1.23 bits per heavy atom. The zero-order chi connectivity index (χ0) is 11.1. The van der Waals surface area contributed by atoms with Crippen LogP contribution in [-0.2, 0) is 10.4 Å². The van der Waals surface area contributed by atoms with E-state index in [-0.39, 0.29) is 1.43 Å². The SMILES string of the molecule is CC[P+](C)(CC)CC.O=S(=O)([O-])[O-].[H+]. The summed E-state index contributed by atoms with van der Waals surface area (Å²) in [5.74, 6) is 0. The highest BCUT2D eigenvalue weighted by Crippen LogP contribution is 2.53. The molecule has 0 aromatic rings. The molecule has 0 aliphatic heterocycles. The first-order valence-corrected chi connectivity index (χ1v) is 8.31. The molecule has 0 amide bonds. The number of hydrogen-bond donors (Lipinski definition) is 0. The van der Waals surface area contributed by atoms with Crippen LogP contribution in [0.1, 0.15) is 22.2 Å². The summed E-state index contributed by atoms with van der Waals surface area (Å²) in [6, 6.07) is 0. The van der Waals surface area contributed by atoms with Gasteiger partial charge in [0.15, 0.2) is 0 Å². The first-order chi connectivity index (χ1) is 5.68. The van der Waals surface area contributed by atoms with Gasteiger partial charge >= 0.3 is 1.43 Å². The molecule has 13 heavy (non-hydrogen) atoms. The van der Waals surface area contributed by atoms with E-state index in [1.165, 1.54) is 18.5 Å². The third-order valence-electron chi connectivity index (χ3n) is 2.29. The van der Waals surface area contributed by atoms with Gasteiger partial charge in [-0.1, -0.05) is 0 Å². The fourth-order valence-electron chi connectivity index (χ4n) is 0.671. The second-order valence-electron chi connectivity index (χ2n) is 2.98. The molecule has 4 nitrogen and oxygen atoms in total. The van der Waals surface area contributed by atoms with Crippen LogP contribution < -0.4 is 0 Å². The van der Waals surface area contributed by atoms with Crippen molar-refractivity contribution in [3.05, 3.63) is 0 Å². The molecule has 0 saturated heterocycles. The van der Waals surface area contributed by atoms with Crippen molar-refractivity contribution in [2.45, 2.75) is 20.8 Å². The predicted molar refractivity (Wildman–Crippen MR) is 56.1 cm³/mol. The van der Waals surface area contributed by atoms with Crippen molar-refractivity contribution >= 4 is 17.7 Å². The van der Waals surface area contributed by atoms with Crippen molar-refractivity contribution in [2.24, 2.45) is 0 Å². The summed E-state index contributed by atoms with van der Waals surface area (Å²) >= 11 is 0. The van der Waals surface area contributed by atoms with Crippen LogP contribution in [-0.4, -0.2) is 42.7 Å². The highest BCUT2D eigenvalue weighted by atomic mass is 32.3. The first kappa shape index (κ1) is 15.8. The molecule has 0 aromatic heterocycles. The maximum Gasteiger partial charge on any atom is 1.00 e. The highest BCUT2D eigenvalue weighted by molar-refractivity contribution is 7.79. The van der Waals surface area contributed by atoms with Gasteiger partial charge in [0.2, 0.25) is 0 Å². The smallest absolute Gasteiger partial charge is 0.759 e. The zero-order valence-electron chi connectivity index (χ0n) is 9.61. The van der Waals surface area contributed by atoms with E-state index >= 15 is 0 Å². The summed E-state index contributed by atoms with van der Waals surface area (Å²) in [4.78, 5) is 0. The molecule has 0 spiro atoms. The Morgan fingerprint density at radius 1 is 1.08 bits per heavy atom. The van der Waals surface area contributed by atoms with Crippen LogP contribution in [0, 0.1) is 0 Å². The summed E-state index contributed by atoms with van der Waals surface area (Å²) < 4.78 is 34.1. The fourth-order valence-corrected chi connectivity index (χ4v) is 2.01. The number of rotatable bonds is 3. The van der Waals surface area contributed by atoms with Crippen LogP contribution >= 0.6 is 7.26 Å². The lowest BCUT2D eigenvalue weighted by molar-refractivity contribution is 0.352. The average Bonchev–Trinajstić information content (AvgIpc) is 2.00. The summed E-state index contributed by atoms with van der Waals surface area (Å²) in [6.07, 6.45) is 4.29. The van der Waals surface area contributed by atoms with Gasteiger partial charge in [-0.3, -0.25) is 8.42 Å². The molecular weight excluding hydrogens is 211 g/mol. The van der Waals surface area contributed by atoms with Gasteiger partial charge in [-0.05, 0) is 20.8 Å². The van der Waals surface area contributed by atoms with Crippen LogP contribution in [0.2, 0.25) is 0 Å². The Bertz CT molecular complexity index is 197. The molecule has 0 aromatic carbocycles. The minimum atomic E-state index is -5.17. The van der Waals surface area contributed by atoms with Gasteiger partial charge in [-0.15, -0.1) is 0 Å². The van der Waals surface area contributed by atoms with Crippen molar-refractivity contribution in [1.82, 2.24) is 0 Å². The number of hydrogen-bond acceptors (Lipinski definition) is 4. The van der Waals surface area contributed by atoms with Crippen LogP contribution in [0.25, 0.3) is 0 Å². The van der Waals surface area contributed by atoms with E-state index in [0.717, 1.165) is 0 Å². The van der Waals surface area contributed by atoms with Gasteiger partial charge in [0.25, 0.3) is 0 Å². The maximum absolute atomic E-state index is 8.52. The summed E-state index contributed by atoms with van der Waals surface area (Å²) in [5.41, 5.74) is 0. The van der Waals surface area contributed by atoms with Crippen molar-refractivity contribution in [2.75, 3.05) is 25.2 Å². The van der Waals surface area contributed by atoms with Crippen LogP contribution in [0.15, 0.2) is 0 Å². The van der Waals surface area contributed by atoms with Crippen LogP contribution in [0.3, 0.4) is 0 Å². The van der Waals surface area contributed by atoms with E-state index in [0.29, 0.717) is 0 Å². The Kier molecular flexibility index (Phi) is 8.13. The Hall–Kier alpha value is 0.300. The molecule has 0 bridgehead atoms. The van der Waals surface area contributed by atoms with E-state index in [1.807, 2.05) is 0 Å². The third-order valence-corrected chi connectivity index (χ3v) is 6.87. The van der Waals surface area contributed by atoms with Crippen LogP contribution in [0.4, 0.5) is 0 Å². The van der Waals surface area contributed by atoms with Crippen molar-refractivity contribution < 1.29 is 18.9 Å². The highest BCUT2D eigenvalue weighted by Gasteiger charge is 2.22. The van der Waals surface area contributed by atoms with Crippen molar-refractivity contribution in [3.8, 4) is 0 Å². The van der Waals surface area contributed by atoms with Gasteiger partial charge in [0.1, 0.15) is 0 Å². The fraction of sp³-hybridized carbons (Fsp3) is 1.00. The molecule has 82 valence electrons. The Balaban J connectivity index is -0.000000177. The largest absolute Gasteiger partial charge is 1.00 e. The monoisotopic (exact) mass is 230 g/mol. The molecule has 0 N–H and O–H groups in total. The summed E-state index contributed by atoms with van der Waals surface area (Å²) in [7, 11) is -5.58. The van der Waals surface area contributed by atoms with E-state index in [2.05, 4.69) is 27.4 Å². The third kappa shape index (κ3) is 15.1. The zero-order valence-corrected chi connectivity index (χ0v) is 10.3. The van der Waals surface area contributed by atoms with Gasteiger partial charge in [-0.2, -0.15) is 0 Å². The van der Waals surface area contributed by atoms with Crippen molar-refractivity contribution in [3.63, 3.8) is 0 Å². The van der Waals surface area contributed by atoms with Gasteiger partial charge < -0.3 is 9.11 Å². The summed E-state index contributed by atoms with van der Waals surface area (Å²) in [6.45, 7) is 9.43. The molecule has 0 unspecified atom stereocenters. The molecular formula is C7H19O4PS. The molecule has 0 radical (unpaired) electrons. The van der Waals surface area contributed by atoms with Crippen molar-refractivity contribution in [1.29, 1.82) is 0 Å². The minimum Gasteiger partial charge on any atom is -0.759 e. The molecule has 0 saturated carbocycles. The quantitative estimate of drug-likeness (QED) is 0.417. The average molecular weight is 230 g/mol. The molecule has 0 fully saturated rings. The van der Waals surface area contributed by atoms with Gasteiger partial charge in [0, 0.05) is 24.3 Å². The van der Waals surface area contributed by atoms with E-state index < -0.39 is 17.7 Å². The van der Waals surface area contributed by atoms with E-state index in [4.69, 9.17) is 17.5 Å². The second kappa shape index (κ2) is 6.71. The molecule has 0 rings (SSSR count). The molecule has 0 aliphatic carbocycles. The lowest BCUT2D eigenvalue weighted by atomic mass is 10.9. The molecule has 6 heteroatoms. The molecule has 0 aliphatic rings. The van der Waals surface area contributed by atoms with E-state index in [1.54, 1.807) is 0 Å². The van der Waals surface area contributed by atoms with E-state index in [9.17, 15) is 0 Å².